The smallest absolute Gasteiger partial charge is 0.209 e. The molecule has 0 saturated heterocycles. The highest BCUT2D eigenvalue weighted by molar-refractivity contribution is 9.10. The van der Waals surface area contributed by atoms with Gasteiger partial charge >= 0.3 is 0 Å². The van der Waals surface area contributed by atoms with E-state index in [2.05, 4.69) is 26.0 Å². The number of rotatable bonds is 6. The van der Waals surface area contributed by atoms with E-state index in [9.17, 15) is 4.79 Å². The fraction of sp³-hybridized carbons (Fsp3) is 0.211. The number of carbonyl (C=O) groups excluding carboxylic acids is 1. The molecule has 0 atom stereocenters. The molecule has 0 unspecified atom stereocenters. The van der Waals surface area contributed by atoms with Gasteiger partial charge in [-0.05, 0) is 37.1 Å². The first kappa shape index (κ1) is 16.5. The van der Waals surface area contributed by atoms with Crippen LogP contribution in [-0.2, 0) is 0 Å². The Labute approximate surface area is 158 Å². The largest absolute Gasteiger partial charge is 0.293 e. The highest BCUT2D eigenvalue weighted by Crippen LogP contribution is 2.40. The molecule has 0 N–H and O–H groups in total. The van der Waals surface area contributed by atoms with Gasteiger partial charge in [-0.1, -0.05) is 58.0 Å². The molecule has 1 saturated carbocycles. The summed E-state index contributed by atoms with van der Waals surface area (Å²) in [6.07, 6.45) is 2.32. The second-order valence-electron chi connectivity index (χ2n) is 5.99. The molecular weight excluding hydrogens is 398 g/mol. The van der Waals surface area contributed by atoms with Gasteiger partial charge in [-0.25, -0.2) is 9.67 Å². The minimum absolute atomic E-state index is 0.0848. The van der Waals surface area contributed by atoms with Crippen molar-refractivity contribution in [2.24, 2.45) is 0 Å². The number of aromatic nitrogens is 3. The Morgan fingerprint density at radius 2 is 1.84 bits per heavy atom. The minimum Gasteiger partial charge on any atom is -0.293 e. The van der Waals surface area contributed by atoms with Gasteiger partial charge in [0.05, 0.1) is 11.4 Å². The number of thioether (sulfide) groups is 1. The molecule has 3 aromatic rings. The van der Waals surface area contributed by atoms with Crippen LogP contribution in [0.3, 0.4) is 0 Å². The van der Waals surface area contributed by atoms with E-state index in [-0.39, 0.29) is 5.78 Å². The van der Waals surface area contributed by atoms with Gasteiger partial charge in [0.2, 0.25) is 5.16 Å². The number of benzene rings is 2. The number of ketones is 1. The number of para-hydroxylation sites is 1. The van der Waals surface area contributed by atoms with Gasteiger partial charge in [-0.2, -0.15) is 0 Å². The number of carbonyl (C=O) groups is 1. The average molecular weight is 414 g/mol. The summed E-state index contributed by atoms with van der Waals surface area (Å²) in [5.41, 5.74) is 1.73. The molecule has 1 aliphatic carbocycles. The van der Waals surface area contributed by atoms with Crippen LogP contribution in [0, 0.1) is 0 Å². The normalized spacial score (nSPS) is 13.8. The van der Waals surface area contributed by atoms with Crippen LogP contribution in [0.4, 0.5) is 0 Å². The summed E-state index contributed by atoms with van der Waals surface area (Å²) in [6.45, 7) is 0. The molecule has 0 radical (unpaired) electrons. The molecule has 0 spiro atoms. The fourth-order valence-electron chi connectivity index (χ4n) is 2.58. The summed E-state index contributed by atoms with van der Waals surface area (Å²) >= 11 is 4.78. The van der Waals surface area contributed by atoms with Crippen molar-refractivity contribution >= 4 is 33.5 Å². The van der Waals surface area contributed by atoms with Crippen LogP contribution in [-0.4, -0.2) is 26.3 Å². The van der Waals surface area contributed by atoms with Gasteiger partial charge in [0, 0.05) is 16.0 Å². The summed E-state index contributed by atoms with van der Waals surface area (Å²) in [5, 5.41) is 5.29. The van der Waals surface area contributed by atoms with Gasteiger partial charge in [-0.15, -0.1) is 5.10 Å². The van der Waals surface area contributed by atoms with Crippen LogP contribution in [0.2, 0.25) is 0 Å². The maximum absolute atomic E-state index is 12.3. The summed E-state index contributed by atoms with van der Waals surface area (Å²) in [4.78, 5) is 17.0. The van der Waals surface area contributed by atoms with Crippen molar-refractivity contribution in [3.8, 4) is 5.69 Å². The molecular formula is C19H16BrN3OS. The zero-order chi connectivity index (χ0) is 17.2. The van der Waals surface area contributed by atoms with E-state index in [1.165, 1.54) is 11.8 Å². The molecule has 126 valence electrons. The van der Waals surface area contributed by atoms with Crippen molar-refractivity contribution in [1.29, 1.82) is 0 Å². The SMILES string of the molecule is O=C(CSc1nc(C2CC2)n(-c2ccccc2)n1)c1ccc(Br)cc1. The molecule has 1 fully saturated rings. The molecule has 2 aromatic carbocycles. The van der Waals surface area contributed by atoms with Gasteiger partial charge < -0.3 is 0 Å². The van der Waals surface area contributed by atoms with Crippen molar-refractivity contribution < 1.29 is 4.79 Å². The topological polar surface area (TPSA) is 47.8 Å². The lowest BCUT2D eigenvalue weighted by Crippen LogP contribution is -2.02. The molecule has 1 aliphatic rings. The van der Waals surface area contributed by atoms with Gasteiger partial charge in [0.15, 0.2) is 5.78 Å². The van der Waals surface area contributed by atoms with E-state index >= 15 is 0 Å². The number of hydrogen-bond donors (Lipinski definition) is 0. The number of halogens is 1. The number of hydrogen-bond acceptors (Lipinski definition) is 4. The van der Waals surface area contributed by atoms with E-state index < -0.39 is 0 Å². The predicted molar refractivity (Wildman–Crippen MR) is 103 cm³/mol. The Kier molecular flexibility index (Phi) is 4.72. The van der Waals surface area contributed by atoms with Crippen molar-refractivity contribution in [1.82, 2.24) is 14.8 Å². The summed E-state index contributed by atoms with van der Waals surface area (Å²) in [7, 11) is 0. The maximum Gasteiger partial charge on any atom is 0.209 e. The highest BCUT2D eigenvalue weighted by atomic mass is 79.9. The molecule has 0 bridgehead atoms. The van der Waals surface area contributed by atoms with Crippen LogP contribution in [0.5, 0.6) is 0 Å². The molecule has 1 aromatic heterocycles. The van der Waals surface area contributed by atoms with E-state index in [4.69, 9.17) is 0 Å². The lowest BCUT2D eigenvalue weighted by Gasteiger charge is -2.03. The molecule has 0 aliphatic heterocycles. The monoisotopic (exact) mass is 413 g/mol. The fourth-order valence-corrected chi connectivity index (χ4v) is 3.57. The second-order valence-corrected chi connectivity index (χ2v) is 7.85. The van der Waals surface area contributed by atoms with Gasteiger partial charge in [0.1, 0.15) is 5.82 Å². The maximum atomic E-state index is 12.3. The van der Waals surface area contributed by atoms with Crippen LogP contribution >= 0.6 is 27.7 Å². The Morgan fingerprint density at radius 3 is 2.52 bits per heavy atom. The molecule has 1 heterocycles. The third kappa shape index (κ3) is 3.85. The molecule has 4 rings (SSSR count). The van der Waals surface area contributed by atoms with E-state index in [0.717, 1.165) is 28.8 Å². The van der Waals surface area contributed by atoms with Crippen LogP contribution in [0.1, 0.15) is 34.9 Å². The summed E-state index contributed by atoms with van der Waals surface area (Å²) in [5.74, 6) is 1.92. The third-order valence-corrected chi connectivity index (χ3v) is 5.42. The zero-order valence-electron chi connectivity index (χ0n) is 13.4. The number of nitrogens with zero attached hydrogens (tertiary/aromatic N) is 3. The molecule has 4 nitrogen and oxygen atoms in total. The van der Waals surface area contributed by atoms with Crippen LogP contribution in [0.15, 0.2) is 64.2 Å². The van der Waals surface area contributed by atoms with E-state index in [0.29, 0.717) is 22.4 Å². The summed E-state index contributed by atoms with van der Waals surface area (Å²) < 4.78 is 2.89. The Balaban J connectivity index is 1.51. The molecule has 25 heavy (non-hydrogen) atoms. The quantitative estimate of drug-likeness (QED) is 0.426. The Hall–Kier alpha value is -1.92. The first-order valence-electron chi connectivity index (χ1n) is 8.14. The van der Waals surface area contributed by atoms with Crippen molar-refractivity contribution in [2.45, 2.75) is 23.9 Å². The van der Waals surface area contributed by atoms with E-state index in [1.54, 1.807) is 0 Å². The average Bonchev–Trinajstić information content (AvgIpc) is 3.40. The van der Waals surface area contributed by atoms with Gasteiger partial charge in [-0.3, -0.25) is 4.79 Å². The third-order valence-electron chi connectivity index (χ3n) is 4.05. The lowest BCUT2D eigenvalue weighted by molar-refractivity contribution is 0.102. The van der Waals surface area contributed by atoms with E-state index in [1.807, 2.05) is 59.3 Å². The first-order chi connectivity index (χ1) is 12.2. The van der Waals surface area contributed by atoms with Crippen LogP contribution in [0.25, 0.3) is 5.69 Å². The summed E-state index contributed by atoms with van der Waals surface area (Å²) in [6, 6.07) is 17.5. The lowest BCUT2D eigenvalue weighted by atomic mass is 10.2. The van der Waals surface area contributed by atoms with Crippen molar-refractivity contribution in [3.05, 3.63) is 70.5 Å². The first-order valence-corrected chi connectivity index (χ1v) is 9.92. The molecule has 0 amide bonds. The Bertz CT molecular complexity index is 889. The van der Waals surface area contributed by atoms with Crippen molar-refractivity contribution in [3.63, 3.8) is 0 Å². The Morgan fingerprint density at radius 1 is 1.12 bits per heavy atom. The van der Waals surface area contributed by atoms with Crippen LogP contribution < -0.4 is 0 Å². The minimum atomic E-state index is 0.0848. The highest BCUT2D eigenvalue weighted by Gasteiger charge is 2.30. The zero-order valence-corrected chi connectivity index (χ0v) is 15.8. The number of Topliss-reactive ketones (excluding diaryl/α,β-unsaturated/α-hetero) is 1. The second kappa shape index (κ2) is 7.14. The van der Waals surface area contributed by atoms with Crippen molar-refractivity contribution in [2.75, 3.05) is 5.75 Å². The predicted octanol–water partition coefficient (Wildman–Crippen LogP) is 4.88. The standard InChI is InChI=1S/C19H16BrN3OS/c20-15-10-8-13(9-11-15)17(24)12-25-19-21-18(14-6-7-14)23(22-19)16-4-2-1-3-5-16/h1-5,8-11,14H,6-7,12H2. The van der Waals surface area contributed by atoms with Gasteiger partial charge in [0.25, 0.3) is 0 Å². The molecule has 6 heteroatoms.